The molecule has 94 valence electrons. The summed E-state index contributed by atoms with van der Waals surface area (Å²) in [5.41, 5.74) is 1.06. The van der Waals surface area contributed by atoms with E-state index in [0.29, 0.717) is 12.7 Å². The van der Waals surface area contributed by atoms with Crippen molar-refractivity contribution < 1.29 is 9.57 Å². The Balaban J connectivity index is 1.89. The van der Waals surface area contributed by atoms with Crippen LogP contribution in [-0.4, -0.2) is 31.1 Å². The molecule has 0 aromatic heterocycles. The zero-order valence-corrected chi connectivity index (χ0v) is 10.3. The van der Waals surface area contributed by atoms with Crippen molar-refractivity contribution in [3.05, 3.63) is 29.8 Å². The van der Waals surface area contributed by atoms with Crippen molar-refractivity contribution in [2.24, 2.45) is 5.90 Å². The number of nitrogens with zero attached hydrogens (tertiary/aromatic N) is 1. The first-order valence-corrected chi connectivity index (χ1v) is 6.04. The maximum atomic E-state index is 5.95. The summed E-state index contributed by atoms with van der Waals surface area (Å²) in [6.45, 7) is 2.62. The van der Waals surface area contributed by atoms with Gasteiger partial charge in [-0.3, -0.25) is 4.84 Å². The molecular weight excluding hydrogens is 216 g/mol. The van der Waals surface area contributed by atoms with Crippen LogP contribution in [0.3, 0.4) is 0 Å². The first kappa shape index (κ1) is 12.4. The molecular formula is C13H20N2O2. The minimum absolute atomic E-state index is 0.311. The molecule has 0 aliphatic carbocycles. The zero-order valence-electron chi connectivity index (χ0n) is 10.3. The van der Waals surface area contributed by atoms with E-state index in [9.17, 15) is 0 Å². The highest BCUT2D eigenvalue weighted by molar-refractivity contribution is 5.27. The van der Waals surface area contributed by atoms with Gasteiger partial charge in [-0.1, -0.05) is 12.1 Å². The van der Waals surface area contributed by atoms with E-state index >= 15 is 0 Å². The minimum Gasteiger partial charge on any atom is -0.489 e. The molecule has 1 heterocycles. The fourth-order valence-electron chi connectivity index (χ4n) is 2.17. The van der Waals surface area contributed by atoms with E-state index in [-0.39, 0.29) is 0 Å². The lowest BCUT2D eigenvalue weighted by atomic mass is 10.1. The van der Waals surface area contributed by atoms with E-state index in [0.717, 1.165) is 24.3 Å². The van der Waals surface area contributed by atoms with Crippen LogP contribution in [0.2, 0.25) is 0 Å². The molecule has 4 nitrogen and oxygen atoms in total. The van der Waals surface area contributed by atoms with E-state index < -0.39 is 0 Å². The summed E-state index contributed by atoms with van der Waals surface area (Å²) in [6.07, 6.45) is 2.66. The molecule has 1 aliphatic heterocycles. The second-order valence-electron chi connectivity index (χ2n) is 4.60. The van der Waals surface area contributed by atoms with E-state index in [1.807, 2.05) is 24.3 Å². The molecule has 1 atom stereocenters. The van der Waals surface area contributed by atoms with Crippen LogP contribution in [0.25, 0.3) is 0 Å². The highest BCUT2D eigenvalue weighted by Crippen LogP contribution is 2.18. The molecule has 1 aromatic rings. The van der Waals surface area contributed by atoms with Gasteiger partial charge in [0.05, 0.1) is 6.61 Å². The van der Waals surface area contributed by atoms with Crippen molar-refractivity contribution in [2.45, 2.75) is 25.6 Å². The largest absolute Gasteiger partial charge is 0.489 e. The summed E-state index contributed by atoms with van der Waals surface area (Å²) in [4.78, 5) is 6.89. The van der Waals surface area contributed by atoms with Crippen molar-refractivity contribution in [3.8, 4) is 5.75 Å². The third-order valence-electron chi connectivity index (χ3n) is 3.06. The molecule has 1 unspecified atom stereocenters. The maximum absolute atomic E-state index is 5.95. The van der Waals surface area contributed by atoms with E-state index in [2.05, 4.69) is 16.8 Å². The minimum atomic E-state index is 0.311. The number of benzene rings is 1. The van der Waals surface area contributed by atoms with Gasteiger partial charge in [-0.15, -0.1) is 0 Å². The second-order valence-corrected chi connectivity index (χ2v) is 4.60. The average molecular weight is 236 g/mol. The Morgan fingerprint density at radius 3 is 2.76 bits per heavy atom. The first-order chi connectivity index (χ1) is 8.28. The van der Waals surface area contributed by atoms with Gasteiger partial charge in [-0.25, -0.2) is 5.90 Å². The predicted molar refractivity (Wildman–Crippen MR) is 66.6 cm³/mol. The Bertz CT molecular complexity index is 340. The van der Waals surface area contributed by atoms with Gasteiger partial charge in [0.2, 0.25) is 0 Å². The molecule has 0 spiro atoms. The summed E-state index contributed by atoms with van der Waals surface area (Å²) >= 11 is 0. The second kappa shape index (κ2) is 6.00. The molecule has 0 bridgehead atoms. The average Bonchev–Trinajstić information content (AvgIpc) is 2.32. The number of likely N-dealkylation sites (tertiary alicyclic amines) is 1. The number of hydrogen-bond donors (Lipinski definition) is 1. The van der Waals surface area contributed by atoms with Crippen LogP contribution in [0.5, 0.6) is 5.75 Å². The lowest BCUT2D eigenvalue weighted by Crippen LogP contribution is -2.38. The van der Waals surface area contributed by atoms with Crippen LogP contribution in [0.1, 0.15) is 18.4 Å². The summed E-state index contributed by atoms with van der Waals surface area (Å²) in [6, 6.07) is 7.91. The normalized spacial score (nSPS) is 21.4. The van der Waals surface area contributed by atoms with Crippen LogP contribution in [-0.2, 0) is 11.4 Å². The van der Waals surface area contributed by atoms with Crippen molar-refractivity contribution in [3.63, 3.8) is 0 Å². The van der Waals surface area contributed by atoms with Crippen LogP contribution in [0, 0.1) is 0 Å². The molecule has 1 aliphatic rings. The number of piperidine rings is 1. The molecule has 1 fully saturated rings. The van der Waals surface area contributed by atoms with Crippen LogP contribution < -0.4 is 10.6 Å². The Labute approximate surface area is 102 Å². The highest BCUT2D eigenvalue weighted by atomic mass is 16.6. The predicted octanol–water partition coefficient (Wildman–Crippen LogP) is 1.55. The third kappa shape index (κ3) is 3.70. The maximum Gasteiger partial charge on any atom is 0.119 e. The molecule has 1 aromatic carbocycles. The lowest BCUT2D eigenvalue weighted by Gasteiger charge is -2.30. The van der Waals surface area contributed by atoms with Gasteiger partial charge in [-0.2, -0.15) is 0 Å². The topological polar surface area (TPSA) is 47.7 Å². The third-order valence-corrected chi connectivity index (χ3v) is 3.06. The fraction of sp³-hybridized carbons (Fsp3) is 0.538. The summed E-state index contributed by atoms with van der Waals surface area (Å²) < 4.78 is 5.95. The van der Waals surface area contributed by atoms with E-state index in [4.69, 9.17) is 10.6 Å². The number of nitrogens with two attached hydrogens (primary N) is 1. The van der Waals surface area contributed by atoms with Crippen molar-refractivity contribution >= 4 is 0 Å². The number of rotatable bonds is 4. The number of likely N-dealkylation sites (N-methyl/N-ethyl adjacent to an activating group) is 1. The first-order valence-electron chi connectivity index (χ1n) is 6.04. The van der Waals surface area contributed by atoms with Gasteiger partial charge in [0.1, 0.15) is 11.9 Å². The van der Waals surface area contributed by atoms with Gasteiger partial charge in [-0.05, 0) is 44.1 Å². The number of ether oxygens (including phenoxy) is 1. The van der Waals surface area contributed by atoms with Gasteiger partial charge in [0, 0.05) is 6.54 Å². The standard InChI is InChI=1S/C13H20N2O2/c1-15-8-2-3-13(9-15)17-12-6-4-11(5-7-12)10-16-14/h4-7,13H,2-3,8-10,14H2,1H3. The van der Waals surface area contributed by atoms with Crippen LogP contribution in [0.15, 0.2) is 24.3 Å². The highest BCUT2D eigenvalue weighted by Gasteiger charge is 2.18. The Hall–Kier alpha value is -1.10. The molecule has 4 heteroatoms. The smallest absolute Gasteiger partial charge is 0.119 e. The zero-order chi connectivity index (χ0) is 12.1. The summed E-state index contributed by atoms with van der Waals surface area (Å²) in [5, 5.41) is 0. The Morgan fingerprint density at radius 2 is 2.12 bits per heavy atom. The summed E-state index contributed by atoms with van der Waals surface area (Å²) in [5.74, 6) is 5.95. The van der Waals surface area contributed by atoms with Crippen molar-refractivity contribution in [2.75, 3.05) is 20.1 Å². The molecule has 17 heavy (non-hydrogen) atoms. The molecule has 2 rings (SSSR count). The molecule has 0 saturated carbocycles. The van der Waals surface area contributed by atoms with Gasteiger partial charge in [0.15, 0.2) is 0 Å². The quantitative estimate of drug-likeness (QED) is 0.806. The van der Waals surface area contributed by atoms with E-state index in [1.54, 1.807) is 0 Å². The fourth-order valence-corrected chi connectivity index (χ4v) is 2.17. The van der Waals surface area contributed by atoms with Crippen molar-refractivity contribution in [1.29, 1.82) is 0 Å². The van der Waals surface area contributed by atoms with Crippen molar-refractivity contribution in [1.82, 2.24) is 4.90 Å². The van der Waals surface area contributed by atoms with E-state index in [1.165, 1.54) is 13.0 Å². The van der Waals surface area contributed by atoms with Gasteiger partial charge >= 0.3 is 0 Å². The molecule has 1 saturated heterocycles. The monoisotopic (exact) mass is 236 g/mol. The molecule has 0 amide bonds. The van der Waals surface area contributed by atoms with Crippen LogP contribution in [0.4, 0.5) is 0 Å². The molecule has 0 radical (unpaired) electrons. The lowest BCUT2D eigenvalue weighted by molar-refractivity contribution is 0.104. The van der Waals surface area contributed by atoms with Gasteiger partial charge < -0.3 is 9.64 Å². The SMILES string of the molecule is CN1CCCC(Oc2ccc(CON)cc2)C1. The number of hydrogen-bond acceptors (Lipinski definition) is 4. The van der Waals surface area contributed by atoms with Crippen LogP contribution >= 0.6 is 0 Å². The van der Waals surface area contributed by atoms with Gasteiger partial charge in [0.25, 0.3) is 0 Å². The Kier molecular flexibility index (Phi) is 4.36. The molecule has 2 N–H and O–H groups in total. The Morgan fingerprint density at radius 1 is 1.35 bits per heavy atom. The summed E-state index contributed by atoms with van der Waals surface area (Å²) in [7, 11) is 2.14.